The smallest absolute Gasteiger partial charge is 0.141 e. The standard InChI is InChI=1S/C17H25Cl2NO/c1-3-12-6-4-5-7-16(12)21-17-13(8-11(2)20)9-14(18)10-15(17)19/h9-12,16H,3-8,20H2,1-2H3. The van der Waals surface area contributed by atoms with Crippen LogP contribution in [0, 0.1) is 5.92 Å². The Morgan fingerprint density at radius 2 is 2.00 bits per heavy atom. The fourth-order valence-electron chi connectivity index (χ4n) is 3.19. The lowest BCUT2D eigenvalue weighted by Crippen LogP contribution is -2.30. The highest BCUT2D eigenvalue weighted by molar-refractivity contribution is 6.35. The van der Waals surface area contributed by atoms with Gasteiger partial charge >= 0.3 is 0 Å². The van der Waals surface area contributed by atoms with Gasteiger partial charge in [-0.1, -0.05) is 36.5 Å². The topological polar surface area (TPSA) is 35.2 Å². The highest BCUT2D eigenvalue weighted by Crippen LogP contribution is 2.37. The van der Waals surface area contributed by atoms with Crippen molar-refractivity contribution in [2.45, 2.75) is 64.5 Å². The van der Waals surface area contributed by atoms with E-state index in [9.17, 15) is 0 Å². The van der Waals surface area contributed by atoms with E-state index >= 15 is 0 Å². The highest BCUT2D eigenvalue weighted by atomic mass is 35.5. The summed E-state index contributed by atoms with van der Waals surface area (Å²) in [5, 5.41) is 1.23. The summed E-state index contributed by atoms with van der Waals surface area (Å²) in [6.45, 7) is 4.22. The van der Waals surface area contributed by atoms with Crippen molar-refractivity contribution in [1.82, 2.24) is 0 Å². The molecule has 3 unspecified atom stereocenters. The molecular weight excluding hydrogens is 305 g/mol. The van der Waals surface area contributed by atoms with Gasteiger partial charge < -0.3 is 10.5 Å². The summed E-state index contributed by atoms with van der Waals surface area (Å²) in [5.41, 5.74) is 6.95. The number of rotatable bonds is 5. The van der Waals surface area contributed by atoms with E-state index in [0.29, 0.717) is 16.0 Å². The molecule has 0 aliphatic heterocycles. The molecule has 0 saturated heterocycles. The maximum atomic E-state index is 6.38. The van der Waals surface area contributed by atoms with Crippen molar-refractivity contribution in [2.24, 2.45) is 11.7 Å². The van der Waals surface area contributed by atoms with Crippen LogP contribution in [-0.2, 0) is 6.42 Å². The van der Waals surface area contributed by atoms with Crippen LogP contribution in [0.15, 0.2) is 12.1 Å². The summed E-state index contributed by atoms with van der Waals surface area (Å²) in [6, 6.07) is 3.73. The van der Waals surface area contributed by atoms with E-state index in [1.54, 1.807) is 6.07 Å². The van der Waals surface area contributed by atoms with Gasteiger partial charge in [0.25, 0.3) is 0 Å². The molecule has 0 radical (unpaired) electrons. The number of ether oxygens (including phenoxy) is 1. The third-order valence-electron chi connectivity index (χ3n) is 4.26. The molecule has 1 fully saturated rings. The second-order valence-electron chi connectivity index (χ2n) is 6.17. The molecule has 0 aromatic heterocycles. The van der Waals surface area contributed by atoms with Gasteiger partial charge in [0.15, 0.2) is 0 Å². The van der Waals surface area contributed by atoms with Crippen LogP contribution in [0.3, 0.4) is 0 Å². The van der Waals surface area contributed by atoms with Gasteiger partial charge in [-0.25, -0.2) is 0 Å². The Morgan fingerprint density at radius 1 is 1.29 bits per heavy atom. The predicted molar refractivity (Wildman–Crippen MR) is 90.5 cm³/mol. The van der Waals surface area contributed by atoms with Gasteiger partial charge in [-0.05, 0) is 62.6 Å². The van der Waals surface area contributed by atoms with E-state index < -0.39 is 0 Å². The average molecular weight is 330 g/mol. The number of benzene rings is 1. The van der Waals surface area contributed by atoms with Crippen molar-refractivity contribution in [2.75, 3.05) is 0 Å². The van der Waals surface area contributed by atoms with Crippen LogP contribution in [0.5, 0.6) is 5.75 Å². The van der Waals surface area contributed by atoms with Crippen LogP contribution in [0.2, 0.25) is 10.0 Å². The number of hydrogen-bond acceptors (Lipinski definition) is 2. The van der Waals surface area contributed by atoms with E-state index in [2.05, 4.69) is 6.92 Å². The molecule has 2 N–H and O–H groups in total. The molecular formula is C17H25Cl2NO. The molecule has 1 saturated carbocycles. The van der Waals surface area contributed by atoms with Gasteiger partial charge in [-0.15, -0.1) is 0 Å². The quantitative estimate of drug-likeness (QED) is 0.802. The van der Waals surface area contributed by atoms with Gasteiger partial charge in [-0.3, -0.25) is 0 Å². The van der Waals surface area contributed by atoms with Gasteiger partial charge in [-0.2, -0.15) is 0 Å². The lowest BCUT2D eigenvalue weighted by molar-refractivity contribution is 0.0894. The Bertz CT molecular complexity index is 476. The van der Waals surface area contributed by atoms with Crippen molar-refractivity contribution in [3.63, 3.8) is 0 Å². The first-order valence-corrected chi connectivity index (χ1v) is 8.67. The van der Waals surface area contributed by atoms with Crippen LogP contribution in [-0.4, -0.2) is 12.1 Å². The van der Waals surface area contributed by atoms with E-state index in [1.807, 2.05) is 13.0 Å². The Morgan fingerprint density at radius 3 is 2.67 bits per heavy atom. The molecule has 1 aliphatic rings. The van der Waals surface area contributed by atoms with Crippen LogP contribution in [0.4, 0.5) is 0 Å². The molecule has 21 heavy (non-hydrogen) atoms. The van der Waals surface area contributed by atoms with Crippen molar-refractivity contribution >= 4 is 23.2 Å². The molecule has 118 valence electrons. The Kier molecular flexibility index (Phi) is 6.21. The lowest BCUT2D eigenvalue weighted by atomic mass is 9.84. The molecule has 1 aromatic rings. The first kappa shape index (κ1) is 16.9. The van der Waals surface area contributed by atoms with E-state index in [0.717, 1.165) is 30.6 Å². The summed E-state index contributed by atoms with van der Waals surface area (Å²) in [4.78, 5) is 0. The second-order valence-corrected chi connectivity index (χ2v) is 7.01. The average Bonchev–Trinajstić information content (AvgIpc) is 2.42. The lowest BCUT2D eigenvalue weighted by Gasteiger charge is -2.32. The van der Waals surface area contributed by atoms with Gasteiger partial charge in [0, 0.05) is 11.1 Å². The minimum absolute atomic E-state index is 0.0511. The summed E-state index contributed by atoms with van der Waals surface area (Å²) in [7, 11) is 0. The number of hydrogen-bond donors (Lipinski definition) is 1. The third kappa shape index (κ3) is 4.51. The zero-order valence-corrected chi connectivity index (χ0v) is 14.4. The summed E-state index contributed by atoms with van der Waals surface area (Å²) < 4.78 is 6.33. The zero-order valence-electron chi connectivity index (χ0n) is 12.9. The Hall–Kier alpha value is -0.440. The minimum atomic E-state index is 0.0511. The Labute approximate surface area is 137 Å². The normalized spacial score (nSPS) is 23.9. The minimum Gasteiger partial charge on any atom is -0.488 e. The molecule has 0 amide bonds. The van der Waals surface area contributed by atoms with E-state index in [1.165, 1.54) is 19.3 Å². The molecule has 0 heterocycles. The SMILES string of the molecule is CCC1CCCCC1Oc1c(Cl)cc(Cl)cc1CC(C)N. The third-order valence-corrected chi connectivity index (χ3v) is 4.76. The second kappa shape index (κ2) is 7.71. The van der Waals surface area contributed by atoms with Gasteiger partial charge in [0.2, 0.25) is 0 Å². The Balaban J connectivity index is 2.24. The molecule has 0 spiro atoms. The van der Waals surface area contributed by atoms with Crippen molar-refractivity contribution in [3.05, 3.63) is 27.7 Å². The molecule has 1 aromatic carbocycles. The fraction of sp³-hybridized carbons (Fsp3) is 0.647. The summed E-state index contributed by atoms with van der Waals surface area (Å²) in [6.07, 6.45) is 7.02. The predicted octanol–water partition coefficient (Wildman–Crippen LogP) is 5.23. The number of nitrogens with two attached hydrogens (primary N) is 1. The van der Waals surface area contributed by atoms with Gasteiger partial charge in [0.05, 0.1) is 5.02 Å². The maximum absolute atomic E-state index is 6.38. The first-order chi connectivity index (χ1) is 10.0. The maximum Gasteiger partial charge on any atom is 0.141 e. The molecule has 2 rings (SSSR count). The molecule has 2 nitrogen and oxygen atoms in total. The van der Waals surface area contributed by atoms with Crippen LogP contribution in [0.1, 0.15) is 51.5 Å². The van der Waals surface area contributed by atoms with Crippen molar-refractivity contribution in [1.29, 1.82) is 0 Å². The van der Waals surface area contributed by atoms with Crippen molar-refractivity contribution in [3.8, 4) is 5.75 Å². The van der Waals surface area contributed by atoms with E-state index in [4.69, 9.17) is 33.7 Å². The fourth-order valence-corrected chi connectivity index (χ4v) is 3.77. The van der Waals surface area contributed by atoms with Crippen LogP contribution in [0.25, 0.3) is 0 Å². The molecule has 1 aliphatic carbocycles. The molecule has 0 bridgehead atoms. The first-order valence-electron chi connectivity index (χ1n) is 7.91. The van der Waals surface area contributed by atoms with Crippen LogP contribution >= 0.6 is 23.2 Å². The zero-order chi connectivity index (χ0) is 15.4. The summed E-state index contributed by atoms with van der Waals surface area (Å²) in [5.74, 6) is 1.40. The van der Waals surface area contributed by atoms with Crippen LogP contribution < -0.4 is 10.5 Å². The largest absolute Gasteiger partial charge is 0.488 e. The monoisotopic (exact) mass is 329 g/mol. The van der Waals surface area contributed by atoms with Crippen molar-refractivity contribution < 1.29 is 4.74 Å². The molecule has 3 atom stereocenters. The number of halogens is 2. The highest BCUT2D eigenvalue weighted by Gasteiger charge is 2.27. The summed E-state index contributed by atoms with van der Waals surface area (Å²) >= 11 is 12.5. The molecule has 4 heteroatoms. The van der Waals surface area contributed by atoms with Gasteiger partial charge in [0.1, 0.15) is 11.9 Å². The van der Waals surface area contributed by atoms with E-state index in [-0.39, 0.29) is 12.1 Å².